The van der Waals surface area contributed by atoms with E-state index in [0.29, 0.717) is 39.0 Å². The number of ether oxygens (including phenoxy) is 1. The first-order valence-corrected chi connectivity index (χ1v) is 10.0. The Morgan fingerprint density at radius 2 is 2.19 bits per heavy atom. The fourth-order valence-corrected chi connectivity index (χ4v) is 4.05. The number of hydrogen-bond acceptors (Lipinski definition) is 7. The molecule has 3 aromatic rings. The van der Waals surface area contributed by atoms with Crippen LogP contribution in [0, 0.1) is 11.3 Å². The van der Waals surface area contributed by atoms with E-state index in [9.17, 15) is 9.90 Å². The van der Waals surface area contributed by atoms with Crippen LogP contribution < -0.4 is 10.3 Å². The van der Waals surface area contributed by atoms with Gasteiger partial charge in [-0.2, -0.15) is 5.26 Å². The first-order chi connectivity index (χ1) is 13.1. The topological polar surface area (TPSA) is 88.1 Å². The summed E-state index contributed by atoms with van der Waals surface area (Å²) in [4.78, 5) is 17.1. The SMILES string of the molecule is C=CCn1c(SC[C@@H](O)COc2ccc(C#N)cc2)nc2ccsc2c1=O. The molecule has 1 N–H and O–H groups in total. The molecule has 138 valence electrons. The number of nitrogens with zero attached hydrogens (tertiary/aromatic N) is 3. The quantitative estimate of drug-likeness (QED) is 0.356. The van der Waals surface area contributed by atoms with Gasteiger partial charge in [-0.05, 0) is 35.7 Å². The molecule has 0 spiro atoms. The Bertz CT molecular complexity index is 1040. The summed E-state index contributed by atoms with van der Waals surface area (Å²) < 4.78 is 7.72. The van der Waals surface area contributed by atoms with Crippen molar-refractivity contribution in [2.45, 2.75) is 17.8 Å². The first-order valence-electron chi connectivity index (χ1n) is 8.15. The van der Waals surface area contributed by atoms with Crippen molar-refractivity contribution >= 4 is 33.3 Å². The van der Waals surface area contributed by atoms with E-state index in [4.69, 9.17) is 10.00 Å². The van der Waals surface area contributed by atoms with E-state index >= 15 is 0 Å². The van der Waals surface area contributed by atoms with Crippen molar-refractivity contribution in [1.29, 1.82) is 5.26 Å². The molecule has 0 saturated carbocycles. The summed E-state index contributed by atoms with van der Waals surface area (Å²) in [6.45, 7) is 4.16. The highest BCUT2D eigenvalue weighted by molar-refractivity contribution is 7.99. The number of hydrogen-bond donors (Lipinski definition) is 1. The van der Waals surface area contributed by atoms with E-state index in [1.165, 1.54) is 23.1 Å². The highest BCUT2D eigenvalue weighted by Gasteiger charge is 2.14. The molecule has 3 rings (SSSR count). The van der Waals surface area contributed by atoms with Crippen molar-refractivity contribution in [3.63, 3.8) is 0 Å². The fourth-order valence-electron chi connectivity index (χ4n) is 2.36. The molecule has 0 unspecified atom stereocenters. The van der Waals surface area contributed by atoms with Crippen LogP contribution in [0.15, 0.2) is 58.3 Å². The number of aromatic nitrogens is 2. The lowest BCUT2D eigenvalue weighted by atomic mass is 10.2. The third-order valence-electron chi connectivity index (χ3n) is 3.67. The van der Waals surface area contributed by atoms with Crippen LogP contribution in [-0.2, 0) is 6.54 Å². The Morgan fingerprint density at radius 1 is 1.41 bits per heavy atom. The van der Waals surface area contributed by atoms with Crippen LogP contribution in [0.3, 0.4) is 0 Å². The van der Waals surface area contributed by atoms with Crippen LogP contribution in [0.4, 0.5) is 0 Å². The Kier molecular flexibility index (Phi) is 6.29. The maximum absolute atomic E-state index is 12.6. The average molecular weight is 399 g/mol. The number of thiophene rings is 1. The number of rotatable bonds is 8. The Balaban J connectivity index is 1.64. The highest BCUT2D eigenvalue weighted by atomic mass is 32.2. The summed E-state index contributed by atoms with van der Waals surface area (Å²) in [6, 6.07) is 10.5. The van der Waals surface area contributed by atoms with Crippen LogP contribution in [0.25, 0.3) is 10.2 Å². The number of fused-ring (bicyclic) bond motifs is 1. The van der Waals surface area contributed by atoms with Crippen molar-refractivity contribution in [3.8, 4) is 11.8 Å². The number of benzene rings is 1. The van der Waals surface area contributed by atoms with Gasteiger partial charge in [0.15, 0.2) is 5.16 Å². The second-order valence-electron chi connectivity index (χ2n) is 5.65. The van der Waals surface area contributed by atoms with Crippen LogP contribution >= 0.6 is 23.1 Å². The third-order valence-corrected chi connectivity index (χ3v) is 5.69. The van der Waals surface area contributed by atoms with Crippen LogP contribution in [0.2, 0.25) is 0 Å². The van der Waals surface area contributed by atoms with Gasteiger partial charge in [-0.15, -0.1) is 17.9 Å². The zero-order chi connectivity index (χ0) is 19.2. The van der Waals surface area contributed by atoms with E-state index < -0.39 is 6.10 Å². The summed E-state index contributed by atoms with van der Waals surface area (Å²) >= 11 is 2.67. The van der Waals surface area contributed by atoms with Crippen LogP contribution in [-0.4, -0.2) is 33.1 Å². The molecule has 0 saturated heterocycles. The second-order valence-corrected chi connectivity index (χ2v) is 7.55. The van der Waals surface area contributed by atoms with Gasteiger partial charge in [0, 0.05) is 12.3 Å². The van der Waals surface area contributed by atoms with Crippen molar-refractivity contribution in [1.82, 2.24) is 9.55 Å². The Labute approximate surface area is 164 Å². The summed E-state index contributed by atoms with van der Waals surface area (Å²) in [6.07, 6.45) is 0.912. The molecular formula is C19H17N3O3S2. The van der Waals surface area contributed by atoms with E-state index in [0.717, 1.165) is 0 Å². The molecule has 6 nitrogen and oxygen atoms in total. The Morgan fingerprint density at radius 3 is 2.89 bits per heavy atom. The number of aliphatic hydroxyl groups excluding tert-OH is 1. The zero-order valence-corrected chi connectivity index (χ0v) is 16.0. The lowest BCUT2D eigenvalue weighted by Gasteiger charge is -2.14. The van der Waals surface area contributed by atoms with E-state index in [1.807, 2.05) is 17.5 Å². The van der Waals surface area contributed by atoms with Crippen molar-refractivity contribution in [2.75, 3.05) is 12.4 Å². The van der Waals surface area contributed by atoms with Gasteiger partial charge in [-0.3, -0.25) is 9.36 Å². The monoisotopic (exact) mass is 399 g/mol. The van der Waals surface area contributed by atoms with Gasteiger partial charge >= 0.3 is 0 Å². The average Bonchev–Trinajstić information content (AvgIpc) is 3.16. The van der Waals surface area contributed by atoms with Gasteiger partial charge < -0.3 is 9.84 Å². The summed E-state index contributed by atoms with van der Waals surface area (Å²) in [5, 5.41) is 21.4. The smallest absolute Gasteiger partial charge is 0.272 e. The second kappa shape index (κ2) is 8.86. The van der Waals surface area contributed by atoms with Crippen molar-refractivity contribution in [3.05, 3.63) is 64.3 Å². The van der Waals surface area contributed by atoms with Gasteiger partial charge in [-0.25, -0.2) is 4.98 Å². The van der Waals surface area contributed by atoms with Gasteiger partial charge in [0.1, 0.15) is 17.1 Å². The number of thioether (sulfide) groups is 1. The molecule has 0 aliphatic heterocycles. The predicted octanol–water partition coefficient (Wildman–Crippen LogP) is 3.05. The minimum Gasteiger partial charge on any atom is -0.491 e. The zero-order valence-electron chi connectivity index (χ0n) is 14.4. The standard InChI is InChI=1S/C19H17N3O3S2/c1-2-8-22-18(24)17-16(7-9-26-17)21-19(22)27-12-14(23)11-25-15-5-3-13(10-20)4-6-15/h2-7,9,14,23H,1,8,11-12H2/t14-/m0/s1. The minimum atomic E-state index is -0.738. The lowest BCUT2D eigenvalue weighted by molar-refractivity contribution is 0.126. The van der Waals surface area contributed by atoms with Gasteiger partial charge in [0.05, 0.1) is 23.3 Å². The number of aliphatic hydroxyl groups is 1. The summed E-state index contributed by atoms with van der Waals surface area (Å²) in [5.74, 6) is 0.912. The van der Waals surface area contributed by atoms with E-state index in [2.05, 4.69) is 11.6 Å². The van der Waals surface area contributed by atoms with Crippen LogP contribution in [0.1, 0.15) is 5.56 Å². The fraction of sp³-hybridized carbons (Fsp3) is 0.211. The van der Waals surface area contributed by atoms with E-state index in [-0.39, 0.29) is 12.2 Å². The normalized spacial score (nSPS) is 11.9. The minimum absolute atomic E-state index is 0.0966. The van der Waals surface area contributed by atoms with Crippen molar-refractivity contribution in [2.24, 2.45) is 0 Å². The van der Waals surface area contributed by atoms with Gasteiger partial charge in [0.25, 0.3) is 5.56 Å². The molecule has 0 bridgehead atoms. The predicted molar refractivity (Wildman–Crippen MR) is 107 cm³/mol. The number of nitriles is 1. The highest BCUT2D eigenvalue weighted by Crippen LogP contribution is 2.22. The first kappa shape index (κ1) is 19.2. The molecule has 1 atom stereocenters. The molecular weight excluding hydrogens is 382 g/mol. The maximum atomic E-state index is 12.6. The lowest BCUT2D eigenvalue weighted by Crippen LogP contribution is -2.24. The molecule has 2 aromatic heterocycles. The molecule has 0 radical (unpaired) electrons. The number of allylic oxidation sites excluding steroid dienone is 1. The summed E-state index contributed by atoms with van der Waals surface area (Å²) in [5.41, 5.74) is 1.12. The molecule has 0 amide bonds. The van der Waals surface area contributed by atoms with Crippen LogP contribution in [0.5, 0.6) is 5.75 Å². The van der Waals surface area contributed by atoms with Gasteiger partial charge in [-0.1, -0.05) is 17.8 Å². The molecule has 0 aliphatic rings. The van der Waals surface area contributed by atoms with Crippen molar-refractivity contribution < 1.29 is 9.84 Å². The molecule has 1 aromatic carbocycles. The largest absolute Gasteiger partial charge is 0.491 e. The van der Waals surface area contributed by atoms with E-state index in [1.54, 1.807) is 34.9 Å². The maximum Gasteiger partial charge on any atom is 0.272 e. The molecule has 8 heteroatoms. The van der Waals surface area contributed by atoms with Gasteiger partial charge in [0.2, 0.25) is 0 Å². The third kappa shape index (κ3) is 4.57. The molecule has 27 heavy (non-hydrogen) atoms. The Hall–Kier alpha value is -2.60. The molecule has 2 heterocycles. The molecule has 0 aliphatic carbocycles. The summed E-state index contributed by atoms with van der Waals surface area (Å²) in [7, 11) is 0. The molecule has 0 fully saturated rings.